The number of carbonyl (C=O) groups excluding carboxylic acids is 1. The molecule has 0 radical (unpaired) electrons. The minimum Gasteiger partial charge on any atom is -0.322 e. The van der Waals surface area contributed by atoms with Crippen LogP contribution in [-0.2, 0) is 10.0 Å². The van der Waals surface area contributed by atoms with Crippen LogP contribution >= 0.6 is 0 Å². The fourth-order valence-electron chi connectivity index (χ4n) is 3.56. The summed E-state index contributed by atoms with van der Waals surface area (Å²) in [6.07, 6.45) is 0. The summed E-state index contributed by atoms with van der Waals surface area (Å²) in [6, 6.07) is 13.6. The molecule has 34 heavy (non-hydrogen) atoms. The van der Waals surface area contributed by atoms with Crippen LogP contribution in [0.3, 0.4) is 0 Å². The highest BCUT2D eigenvalue weighted by Gasteiger charge is 2.18. The lowest BCUT2D eigenvalue weighted by Crippen LogP contribution is -2.16. The van der Waals surface area contributed by atoms with Gasteiger partial charge in [0.05, 0.1) is 33.1 Å². The highest BCUT2D eigenvalue weighted by atomic mass is 32.2. The van der Waals surface area contributed by atoms with Crippen molar-refractivity contribution in [3.8, 4) is 0 Å². The fraction of sp³-hybridized carbons (Fsp3) is 0.160. The Balaban J connectivity index is 1.59. The molecule has 0 aliphatic carbocycles. The number of hydrogen-bond donors (Lipinski definition) is 2. The number of rotatable bonds is 5. The van der Waals surface area contributed by atoms with Gasteiger partial charge < -0.3 is 5.32 Å². The van der Waals surface area contributed by atoms with Gasteiger partial charge in [-0.05, 0) is 69.2 Å². The van der Waals surface area contributed by atoms with Gasteiger partial charge in [0.2, 0.25) is 0 Å². The second-order valence-electron chi connectivity index (χ2n) is 8.07. The molecule has 0 unspecified atom stereocenters. The summed E-state index contributed by atoms with van der Waals surface area (Å²) >= 11 is 0. The van der Waals surface area contributed by atoms with E-state index in [2.05, 4.69) is 20.0 Å². The molecule has 0 spiro atoms. The first-order chi connectivity index (χ1) is 16.0. The first-order valence-electron chi connectivity index (χ1n) is 10.5. The van der Waals surface area contributed by atoms with Gasteiger partial charge in [-0.15, -0.1) is 0 Å². The van der Waals surface area contributed by atoms with Crippen LogP contribution in [-0.4, -0.2) is 24.3 Å². The van der Waals surface area contributed by atoms with Crippen molar-refractivity contribution in [3.63, 3.8) is 0 Å². The maximum Gasteiger partial charge on any atom is 0.261 e. The number of nitrogens with zero attached hydrogens (tertiary/aromatic N) is 2. The summed E-state index contributed by atoms with van der Waals surface area (Å²) in [7, 11) is -3.83. The van der Waals surface area contributed by atoms with Gasteiger partial charge in [-0.3, -0.25) is 9.52 Å². The topological polar surface area (TPSA) is 101 Å². The van der Waals surface area contributed by atoms with Crippen molar-refractivity contribution in [1.29, 1.82) is 0 Å². The van der Waals surface area contributed by atoms with E-state index in [1.807, 2.05) is 32.0 Å². The number of fused-ring (bicyclic) bond motifs is 1. The number of amides is 1. The molecule has 1 heterocycles. The number of hydrogen-bond acceptors (Lipinski definition) is 5. The normalized spacial score (nSPS) is 11.4. The molecule has 7 nitrogen and oxygen atoms in total. The molecule has 1 amide bonds. The number of carbonyl (C=O) groups is 1. The van der Waals surface area contributed by atoms with Crippen molar-refractivity contribution in [2.24, 2.45) is 0 Å². The van der Waals surface area contributed by atoms with E-state index < -0.39 is 21.7 Å². The molecule has 0 aliphatic heterocycles. The van der Waals surface area contributed by atoms with Gasteiger partial charge in [-0.1, -0.05) is 18.2 Å². The summed E-state index contributed by atoms with van der Waals surface area (Å²) in [5.41, 5.74) is 4.40. The standard InChI is InChI=1S/C25H23FN4O3S/c1-14-6-5-7-15(2)23(14)30-34(32,33)20-10-8-19(9-11-20)29-25(31)21-12-18(26)13-22-24(21)28-17(4)16(3)27-22/h5-13,30H,1-4H3,(H,29,31). The molecule has 0 bridgehead atoms. The van der Waals surface area contributed by atoms with Gasteiger partial charge >= 0.3 is 0 Å². The highest BCUT2D eigenvalue weighted by Crippen LogP contribution is 2.25. The van der Waals surface area contributed by atoms with Crippen LogP contribution in [0.5, 0.6) is 0 Å². The van der Waals surface area contributed by atoms with E-state index in [0.717, 1.165) is 17.2 Å². The van der Waals surface area contributed by atoms with Crippen molar-refractivity contribution in [2.45, 2.75) is 32.6 Å². The minimum absolute atomic E-state index is 0.0407. The predicted molar refractivity (Wildman–Crippen MR) is 130 cm³/mol. The molecular formula is C25H23FN4O3S. The van der Waals surface area contributed by atoms with Gasteiger partial charge in [0.25, 0.3) is 15.9 Å². The Morgan fingerprint density at radius 3 is 2.15 bits per heavy atom. The number of para-hydroxylation sites is 1. The lowest BCUT2D eigenvalue weighted by Gasteiger charge is -2.14. The number of nitrogens with one attached hydrogen (secondary N) is 2. The Bertz CT molecular complexity index is 1510. The van der Waals surface area contributed by atoms with Crippen molar-refractivity contribution >= 4 is 38.3 Å². The number of anilines is 2. The predicted octanol–water partition coefficient (Wildman–Crippen LogP) is 5.06. The molecule has 0 saturated carbocycles. The average molecular weight is 479 g/mol. The van der Waals surface area contributed by atoms with Crippen LogP contribution in [0.4, 0.5) is 15.8 Å². The van der Waals surface area contributed by atoms with Gasteiger partial charge in [0.1, 0.15) is 11.3 Å². The third kappa shape index (κ3) is 4.60. The summed E-state index contributed by atoms with van der Waals surface area (Å²) in [4.78, 5) is 21.7. The van der Waals surface area contributed by atoms with E-state index >= 15 is 0 Å². The SMILES string of the molecule is Cc1cccc(C)c1NS(=O)(=O)c1ccc(NC(=O)c2cc(F)cc3nc(C)c(C)nc23)cc1. The zero-order valence-corrected chi connectivity index (χ0v) is 19.9. The average Bonchev–Trinajstić information content (AvgIpc) is 2.77. The molecular weight excluding hydrogens is 455 g/mol. The van der Waals surface area contributed by atoms with E-state index in [1.165, 1.54) is 30.3 Å². The number of aryl methyl sites for hydroxylation is 4. The van der Waals surface area contributed by atoms with Gasteiger partial charge in [0.15, 0.2) is 0 Å². The second kappa shape index (κ2) is 8.83. The first kappa shape index (κ1) is 23.3. The third-order valence-corrected chi connectivity index (χ3v) is 6.90. The molecule has 9 heteroatoms. The van der Waals surface area contributed by atoms with Crippen LogP contribution in [0.2, 0.25) is 0 Å². The zero-order valence-electron chi connectivity index (χ0n) is 19.1. The lowest BCUT2D eigenvalue weighted by atomic mass is 10.1. The Labute approximate surface area is 197 Å². The third-order valence-electron chi connectivity index (χ3n) is 5.53. The molecule has 0 fully saturated rings. The first-order valence-corrected chi connectivity index (χ1v) is 12.0. The van der Waals surface area contributed by atoms with Crippen LogP contribution in [0.25, 0.3) is 11.0 Å². The van der Waals surface area contributed by atoms with Crippen LogP contribution in [0.15, 0.2) is 59.5 Å². The van der Waals surface area contributed by atoms with E-state index in [0.29, 0.717) is 28.3 Å². The Kier molecular flexibility index (Phi) is 6.05. The number of benzene rings is 3. The molecule has 3 aromatic carbocycles. The van der Waals surface area contributed by atoms with E-state index in [9.17, 15) is 17.6 Å². The molecule has 1 aromatic heterocycles. The second-order valence-corrected chi connectivity index (χ2v) is 9.75. The minimum atomic E-state index is -3.83. The Hall–Kier alpha value is -3.85. The molecule has 0 saturated heterocycles. The van der Waals surface area contributed by atoms with Crippen LogP contribution < -0.4 is 10.0 Å². The van der Waals surface area contributed by atoms with Crippen molar-refractivity contribution in [3.05, 3.63) is 88.5 Å². The van der Waals surface area contributed by atoms with Gasteiger partial charge in [0, 0.05) is 11.8 Å². The molecule has 4 rings (SSSR count). The van der Waals surface area contributed by atoms with Crippen molar-refractivity contribution < 1.29 is 17.6 Å². The maximum absolute atomic E-state index is 14.1. The van der Waals surface area contributed by atoms with Crippen LogP contribution in [0, 0.1) is 33.5 Å². The lowest BCUT2D eigenvalue weighted by molar-refractivity contribution is 0.102. The molecule has 174 valence electrons. The Morgan fingerprint density at radius 1 is 0.882 bits per heavy atom. The molecule has 0 aliphatic rings. The van der Waals surface area contributed by atoms with E-state index in [4.69, 9.17) is 0 Å². The number of sulfonamides is 1. The van der Waals surface area contributed by atoms with E-state index in [-0.39, 0.29) is 16.0 Å². The smallest absolute Gasteiger partial charge is 0.261 e. The molecule has 0 atom stereocenters. The maximum atomic E-state index is 14.1. The van der Waals surface area contributed by atoms with E-state index in [1.54, 1.807) is 13.8 Å². The summed E-state index contributed by atoms with van der Waals surface area (Å²) in [6.45, 7) is 7.18. The summed E-state index contributed by atoms with van der Waals surface area (Å²) in [5.74, 6) is -1.18. The summed E-state index contributed by atoms with van der Waals surface area (Å²) in [5, 5.41) is 2.67. The number of aromatic nitrogens is 2. The van der Waals surface area contributed by atoms with Crippen molar-refractivity contribution in [2.75, 3.05) is 10.0 Å². The highest BCUT2D eigenvalue weighted by molar-refractivity contribution is 7.92. The van der Waals surface area contributed by atoms with Crippen LogP contribution in [0.1, 0.15) is 32.9 Å². The monoisotopic (exact) mass is 478 g/mol. The Morgan fingerprint density at radius 2 is 1.50 bits per heavy atom. The molecule has 4 aromatic rings. The van der Waals surface area contributed by atoms with Gasteiger partial charge in [-0.2, -0.15) is 0 Å². The summed E-state index contributed by atoms with van der Waals surface area (Å²) < 4.78 is 42.4. The molecule has 2 N–H and O–H groups in total. The fourth-order valence-corrected chi connectivity index (χ4v) is 4.76. The van der Waals surface area contributed by atoms with Gasteiger partial charge in [-0.25, -0.2) is 22.8 Å². The largest absolute Gasteiger partial charge is 0.322 e. The number of halogens is 1. The zero-order chi connectivity index (χ0) is 24.6. The quantitative estimate of drug-likeness (QED) is 0.418. The van der Waals surface area contributed by atoms with Crippen molar-refractivity contribution in [1.82, 2.24) is 9.97 Å².